The minimum Gasteiger partial charge on any atom is -0.493 e. The summed E-state index contributed by atoms with van der Waals surface area (Å²) < 4.78 is 17.2. The first-order valence-electron chi connectivity index (χ1n) is 14.4. The summed E-state index contributed by atoms with van der Waals surface area (Å²) >= 11 is 0. The second-order valence-electron chi connectivity index (χ2n) is 12.4. The van der Waals surface area contributed by atoms with E-state index in [0.29, 0.717) is 12.6 Å². The lowest BCUT2D eigenvalue weighted by atomic mass is 9.79. The van der Waals surface area contributed by atoms with Gasteiger partial charge in [-0.3, -0.25) is 19.5 Å². The SMILES string of the molecule is CCOc1cc2c(cc1CN(Cc1ccccn1)C1CC(C)(C)NC(C)(C)C1)OCO2.O=C(O)CC(O)(CC(=O)O)C(=O)O. The molecule has 1 saturated heterocycles. The van der Waals surface area contributed by atoms with E-state index in [1.165, 1.54) is 0 Å². The number of ether oxygens (including phenoxy) is 3. The molecule has 4 rings (SSSR count). The first kappa shape index (κ1) is 34.5. The molecule has 0 atom stereocenters. The normalized spacial score (nSPS) is 17.0. The molecular weight excluding hydrogens is 574 g/mol. The van der Waals surface area contributed by atoms with Gasteiger partial charge in [0.25, 0.3) is 0 Å². The van der Waals surface area contributed by atoms with Crippen LogP contribution in [0.5, 0.6) is 17.2 Å². The molecule has 0 spiro atoms. The highest BCUT2D eigenvalue weighted by molar-refractivity contribution is 5.88. The van der Waals surface area contributed by atoms with Gasteiger partial charge in [0.1, 0.15) is 5.75 Å². The van der Waals surface area contributed by atoms with Gasteiger partial charge in [-0.05, 0) is 65.7 Å². The Labute approximate surface area is 256 Å². The molecule has 3 heterocycles. The summed E-state index contributed by atoms with van der Waals surface area (Å²) in [7, 11) is 0. The largest absolute Gasteiger partial charge is 0.493 e. The van der Waals surface area contributed by atoms with Gasteiger partial charge in [-0.2, -0.15) is 0 Å². The summed E-state index contributed by atoms with van der Waals surface area (Å²) in [5, 5.41) is 37.6. The first-order chi connectivity index (χ1) is 20.5. The Bertz CT molecular complexity index is 1280. The van der Waals surface area contributed by atoms with Crippen LogP contribution in [0.25, 0.3) is 0 Å². The van der Waals surface area contributed by atoms with E-state index in [1.807, 2.05) is 25.3 Å². The van der Waals surface area contributed by atoms with E-state index in [-0.39, 0.29) is 17.9 Å². The van der Waals surface area contributed by atoms with Gasteiger partial charge in [-0.1, -0.05) is 6.07 Å². The van der Waals surface area contributed by atoms with E-state index in [4.69, 9.17) is 34.6 Å². The molecule has 13 nitrogen and oxygen atoms in total. The fourth-order valence-corrected chi connectivity index (χ4v) is 5.85. The fourth-order valence-electron chi connectivity index (χ4n) is 5.85. The van der Waals surface area contributed by atoms with Gasteiger partial charge >= 0.3 is 17.9 Å². The number of piperidine rings is 1. The summed E-state index contributed by atoms with van der Waals surface area (Å²) in [6, 6.07) is 10.6. The number of hydrogen-bond acceptors (Lipinski definition) is 10. The number of pyridine rings is 1. The zero-order chi connectivity index (χ0) is 32.7. The Hall–Kier alpha value is -3.94. The number of nitrogens with one attached hydrogen (secondary N) is 1. The molecule has 242 valence electrons. The van der Waals surface area contributed by atoms with Gasteiger partial charge in [0.05, 0.1) is 25.1 Å². The average molecular weight is 618 g/mol. The number of aliphatic hydroxyl groups is 1. The van der Waals surface area contributed by atoms with Crippen LogP contribution in [0.3, 0.4) is 0 Å². The molecule has 1 aromatic heterocycles. The van der Waals surface area contributed by atoms with E-state index >= 15 is 0 Å². The number of nitrogens with zero attached hydrogens (tertiary/aromatic N) is 2. The van der Waals surface area contributed by atoms with Gasteiger partial charge in [-0.25, -0.2) is 4.79 Å². The van der Waals surface area contributed by atoms with Gasteiger partial charge < -0.3 is 40.0 Å². The molecule has 0 aliphatic carbocycles. The van der Waals surface area contributed by atoms with Crippen LogP contribution in [-0.2, 0) is 27.5 Å². The van der Waals surface area contributed by atoms with Crippen LogP contribution in [0.2, 0.25) is 0 Å². The van der Waals surface area contributed by atoms with Crippen molar-refractivity contribution in [1.29, 1.82) is 0 Å². The highest BCUT2D eigenvalue weighted by Crippen LogP contribution is 2.40. The minimum atomic E-state index is -2.74. The Morgan fingerprint density at radius 3 is 2.09 bits per heavy atom. The first-order valence-corrected chi connectivity index (χ1v) is 14.4. The highest BCUT2D eigenvalue weighted by atomic mass is 16.7. The van der Waals surface area contributed by atoms with E-state index in [9.17, 15) is 14.4 Å². The lowest BCUT2D eigenvalue weighted by molar-refractivity contribution is -0.170. The van der Waals surface area contributed by atoms with E-state index < -0.39 is 36.4 Å². The van der Waals surface area contributed by atoms with Crippen LogP contribution < -0.4 is 19.5 Å². The molecule has 44 heavy (non-hydrogen) atoms. The van der Waals surface area contributed by atoms with Crippen LogP contribution in [-0.4, -0.2) is 84.3 Å². The summed E-state index contributed by atoms with van der Waals surface area (Å²) in [6.07, 6.45) is 1.72. The monoisotopic (exact) mass is 617 g/mol. The van der Waals surface area contributed by atoms with Crippen molar-refractivity contribution in [3.63, 3.8) is 0 Å². The molecule has 1 aromatic carbocycles. The molecule has 1 fully saturated rings. The number of aromatic nitrogens is 1. The number of carbonyl (C=O) groups is 3. The smallest absolute Gasteiger partial charge is 0.336 e. The molecule has 5 N–H and O–H groups in total. The molecule has 13 heteroatoms. The predicted molar refractivity (Wildman–Crippen MR) is 159 cm³/mol. The third-order valence-corrected chi connectivity index (χ3v) is 7.29. The van der Waals surface area contributed by atoms with Crippen LogP contribution in [0, 0.1) is 0 Å². The van der Waals surface area contributed by atoms with Gasteiger partial charge in [0.2, 0.25) is 6.79 Å². The van der Waals surface area contributed by atoms with Gasteiger partial charge in [-0.15, -0.1) is 0 Å². The second kappa shape index (κ2) is 14.2. The van der Waals surface area contributed by atoms with Crippen LogP contribution in [0.15, 0.2) is 36.5 Å². The van der Waals surface area contributed by atoms with E-state index in [0.717, 1.165) is 54.4 Å². The lowest BCUT2D eigenvalue weighted by Crippen LogP contribution is -2.62. The van der Waals surface area contributed by atoms with Crippen LogP contribution in [0.4, 0.5) is 0 Å². The Kier molecular flexibility index (Phi) is 11.2. The number of rotatable bonds is 12. The number of fused-ring (bicyclic) bond motifs is 1. The van der Waals surface area contributed by atoms with E-state index in [2.05, 4.69) is 61.1 Å². The standard InChI is InChI=1S/C25H35N3O3.C6H8O7/c1-6-29-21-12-23-22(30-17-31-23)11-18(21)15-28(16-19-9-7-8-10-26-19)20-13-24(2,3)27-25(4,5)14-20;7-3(8)1-6(13,5(11)12)2-4(9)10/h7-12,20,27H,6,13-17H2,1-5H3;13H,1-2H2,(H,7,8)(H,9,10)(H,11,12). The molecule has 0 amide bonds. The molecule has 0 radical (unpaired) electrons. The zero-order valence-electron chi connectivity index (χ0n) is 25.8. The second-order valence-corrected chi connectivity index (χ2v) is 12.4. The summed E-state index contributed by atoms with van der Waals surface area (Å²) in [5.74, 6) is -2.60. The quantitative estimate of drug-likeness (QED) is 0.234. The predicted octanol–water partition coefficient (Wildman–Crippen LogP) is 3.27. The van der Waals surface area contributed by atoms with Crippen LogP contribution >= 0.6 is 0 Å². The number of aliphatic carboxylic acids is 3. The Morgan fingerprint density at radius 2 is 1.59 bits per heavy atom. The Morgan fingerprint density at radius 1 is 1.00 bits per heavy atom. The maximum absolute atomic E-state index is 10.3. The fraction of sp³-hybridized carbons (Fsp3) is 0.548. The van der Waals surface area contributed by atoms with Crippen molar-refractivity contribution in [2.45, 2.75) is 96.1 Å². The third kappa shape index (κ3) is 9.79. The third-order valence-electron chi connectivity index (χ3n) is 7.29. The van der Waals surface area contributed by atoms with Crippen molar-refractivity contribution >= 4 is 17.9 Å². The number of hydrogen-bond donors (Lipinski definition) is 5. The topological polar surface area (TPSA) is 188 Å². The average Bonchev–Trinajstić information content (AvgIpc) is 3.34. The molecule has 0 saturated carbocycles. The van der Waals surface area contributed by atoms with Gasteiger partial charge in [0, 0.05) is 48.0 Å². The Balaban J connectivity index is 0.000000345. The highest BCUT2D eigenvalue weighted by Gasteiger charge is 2.41. The molecule has 2 aliphatic heterocycles. The molecule has 0 unspecified atom stereocenters. The van der Waals surface area contributed by atoms with Gasteiger partial charge in [0.15, 0.2) is 17.1 Å². The summed E-state index contributed by atoms with van der Waals surface area (Å²) in [4.78, 5) is 37.6. The van der Waals surface area contributed by atoms with Crippen molar-refractivity contribution in [3.05, 3.63) is 47.8 Å². The lowest BCUT2D eigenvalue weighted by Gasteiger charge is -2.49. The number of carboxylic acid groups (broad SMARTS) is 3. The van der Waals surface area contributed by atoms with Crippen LogP contribution in [0.1, 0.15) is 71.6 Å². The maximum atomic E-state index is 10.3. The van der Waals surface area contributed by atoms with Crippen molar-refractivity contribution in [2.75, 3.05) is 13.4 Å². The van der Waals surface area contributed by atoms with Crippen molar-refractivity contribution in [2.24, 2.45) is 0 Å². The maximum Gasteiger partial charge on any atom is 0.336 e. The zero-order valence-corrected chi connectivity index (χ0v) is 25.8. The van der Waals surface area contributed by atoms with Crippen molar-refractivity contribution in [1.82, 2.24) is 15.2 Å². The minimum absolute atomic E-state index is 0.0619. The molecular formula is C31H43N3O10. The molecule has 2 aromatic rings. The summed E-state index contributed by atoms with van der Waals surface area (Å²) in [5.41, 5.74) is -0.414. The number of benzene rings is 1. The molecule has 2 aliphatic rings. The van der Waals surface area contributed by atoms with E-state index in [1.54, 1.807) is 0 Å². The van der Waals surface area contributed by atoms with Crippen molar-refractivity contribution in [3.8, 4) is 17.2 Å². The number of carboxylic acids is 3. The van der Waals surface area contributed by atoms with Crippen molar-refractivity contribution < 1.29 is 49.0 Å². The molecule has 0 bridgehead atoms. The summed E-state index contributed by atoms with van der Waals surface area (Å²) in [6.45, 7) is 13.6.